The molecule has 18 heavy (non-hydrogen) atoms. The molecule has 0 radical (unpaired) electrons. The molecule has 0 heterocycles. The van der Waals surface area contributed by atoms with Crippen molar-refractivity contribution in [2.45, 2.75) is 19.5 Å². The lowest BCUT2D eigenvalue weighted by Crippen LogP contribution is -2.13. The van der Waals surface area contributed by atoms with Crippen molar-refractivity contribution in [1.29, 1.82) is 0 Å². The van der Waals surface area contributed by atoms with E-state index in [-0.39, 0.29) is 12.2 Å². The molecule has 0 aromatic heterocycles. The first kappa shape index (κ1) is 14.3. The van der Waals surface area contributed by atoms with Crippen molar-refractivity contribution in [3.05, 3.63) is 29.3 Å². The molecule has 0 spiro atoms. The highest BCUT2D eigenvalue weighted by atomic mass is 19.4. The van der Waals surface area contributed by atoms with Crippen molar-refractivity contribution in [1.82, 2.24) is 0 Å². The van der Waals surface area contributed by atoms with Crippen LogP contribution in [0.4, 0.5) is 13.2 Å². The third kappa shape index (κ3) is 3.38. The Morgan fingerprint density at radius 3 is 2.50 bits per heavy atom. The van der Waals surface area contributed by atoms with E-state index in [2.05, 4.69) is 4.74 Å². The van der Waals surface area contributed by atoms with Crippen LogP contribution in [0.1, 0.15) is 18.1 Å². The third-order valence-corrected chi connectivity index (χ3v) is 2.53. The first-order valence-corrected chi connectivity index (χ1v) is 5.22. The number of carboxylic acids is 1. The Labute approximate surface area is 102 Å². The van der Waals surface area contributed by atoms with Gasteiger partial charge in [0.25, 0.3) is 0 Å². The van der Waals surface area contributed by atoms with E-state index in [0.717, 1.165) is 13.2 Å². The molecule has 0 saturated carbocycles. The number of halogens is 3. The standard InChI is InChI=1S/C12H13F3O3/c1-7(11(16)17)5-8-3-4-10(18-2)9(6-8)12(13,14)15/h3-4,6-7H,5H2,1-2H3,(H,16,17). The summed E-state index contributed by atoms with van der Waals surface area (Å²) in [7, 11) is 1.16. The maximum absolute atomic E-state index is 12.7. The average Bonchev–Trinajstić information content (AvgIpc) is 2.27. The lowest BCUT2D eigenvalue weighted by Gasteiger charge is -2.14. The summed E-state index contributed by atoms with van der Waals surface area (Å²) in [4.78, 5) is 10.7. The monoisotopic (exact) mass is 262 g/mol. The zero-order valence-corrected chi connectivity index (χ0v) is 9.91. The van der Waals surface area contributed by atoms with Gasteiger partial charge in [-0.2, -0.15) is 13.2 Å². The molecule has 1 N–H and O–H groups in total. The maximum atomic E-state index is 12.7. The number of carboxylic acid groups (broad SMARTS) is 1. The highest BCUT2D eigenvalue weighted by molar-refractivity contribution is 5.69. The minimum absolute atomic E-state index is 0.0441. The van der Waals surface area contributed by atoms with Gasteiger partial charge in [0.2, 0.25) is 0 Å². The van der Waals surface area contributed by atoms with Gasteiger partial charge in [-0.3, -0.25) is 4.79 Å². The van der Waals surface area contributed by atoms with E-state index in [4.69, 9.17) is 5.11 Å². The van der Waals surface area contributed by atoms with Crippen LogP contribution >= 0.6 is 0 Å². The molecule has 0 aliphatic rings. The van der Waals surface area contributed by atoms with Gasteiger partial charge in [0.15, 0.2) is 0 Å². The summed E-state index contributed by atoms with van der Waals surface area (Å²) in [5.41, 5.74) is -0.571. The van der Waals surface area contributed by atoms with Crippen molar-refractivity contribution in [2.24, 2.45) is 5.92 Å². The predicted octanol–water partition coefficient (Wildman–Crippen LogP) is 2.98. The van der Waals surface area contributed by atoms with Crippen molar-refractivity contribution in [2.75, 3.05) is 7.11 Å². The second-order valence-electron chi connectivity index (χ2n) is 3.98. The highest BCUT2D eigenvalue weighted by Gasteiger charge is 2.34. The Hall–Kier alpha value is -1.72. The lowest BCUT2D eigenvalue weighted by atomic mass is 9.99. The van der Waals surface area contributed by atoms with Gasteiger partial charge in [-0.25, -0.2) is 0 Å². The SMILES string of the molecule is COc1ccc(CC(C)C(=O)O)cc1C(F)(F)F. The fraction of sp³-hybridized carbons (Fsp3) is 0.417. The van der Waals surface area contributed by atoms with Crippen LogP contribution in [0, 0.1) is 5.92 Å². The predicted molar refractivity (Wildman–Crippen MR) is 58.5 cm³/mol. The second-order valence-corrected chi connectivity index (χ2v) is 3.98. The number of hydrogen-bond donors (Lipinski definition) is 1. The molecule has 100 valence electrons. The molecule has 1 rings (SSSR count). The lowest BCUT2D eigenvalue weighted by molar-refractivity contribution is -0.141. The maximum Gasteiger partial charge on any atom is 0.419 e. The largest absolute Gasteiger partial charge is 0.496 e. The van der Waals surface area contributed by atoms with E-state index in [9.17, 15) is 18.0 Å². The summed E-state index contributed by atoms with van der Waals surface area (Å²) in [5, 5.41) is 8.73. The van der Waals surface area contributed by atoms with Crippen LogP contribution in [-0.2, 0) is 17.4 Å². The van der Waals surface area contributed by atoms with Crippen LogP contribution in [0.15, 0.2) is 18.2 Å². The molecule has 1 aromatic carbocycles. The van der Waals surface area contributed by atoms with Gasteiger partial charge < -0.3 is 9.84 Å². The molecular weight excluding hydrogens is 249 g/mol. The number of aliphatic carboxylic acids is 1. The molecule has 1 unspecified atom stereocenters. The van der Waals surface area contributed by atoms with Gasteiger partial charge in [-0.05, 0) is 24.1 Å². The molecule has 1 atom stereocenters. The molecule has 6 heteroatoms. The first-order valence-electron chi connectivity index (χ1n) is 5.22. The average molecular weight is 262 g/mol. The number of benzene rings is 1. The number of alkyl halides is 3. The Morgan fingerprint density at radius 2 is 2.06 bits per heavy atom. The minimum Gasteiger partial charge on any atom is -0.496 e. The van der Waals surface area contributed by atoms with Gasteiger partial charge in [-0.15, -0.1) is 0 Å². The smallest absolute Gasteiger partial charge is 0.419 e. The zero-order chi connectivity index (χ0) is 13.9. The number of methoxy groups -OCH3 is 1. The Balaban J connectivity index is 3.07. The Bertz CT molecular complexity index is 441. The van der Waals surface area contributed by atoms with E-state index in [1.54, 1.807) is 0 Å². The van der Waals surface area contributed by atoms with E-state index in [0.29, 0.717) is 5.56 Å². The van der Waals surface area contributed by atoms with Crippen LogP contribution < -0.4 is 4.74 Å². The molecule has 0 amide bonds. The molecule has 0 fully saturated rings. The van der Waals surface area contributed by atoms with Crippen LogP contribution in [-0.4, -0.2) is 18.2 Å². The van der Waals surface area contributed by atoms with Crippen LogP contribution in [0.25, 0.3) is 0 Å². The topological polar surface area (TPSA) is 46.5 Å². The van der Waals surface area contributed by atoms with Gasteiger partial charge >= 0.3 is 12.1 Å². The van der Waals surface area contributed by atoms with Crippen molar-refractivity contribution >= 4 is 5.97 Å². The van der Waals surface area contributed by atoms with E-state index >= 15 is 0 Å². The summed E-state index contributed by atoms with van der Waals surface area (Å²) in [6.07, 6.45) is -4.48. The fourth-order valence-electron chi connectivity index (χ4n) is 1.54. The number of ether oxygens (including phenoxy) is 1. The minimum atomic E-state index is -4.52. The highest BCUT2D eigenvalue weighted by Crippen LogP contribution is 2.36. The number of hydrogen-bond acceptors (Lipinski definition) is 2. The molecule has 0 saturated heterocycles. The van der Waals surface area contributed by atoms with Crippen molar-refractivity contribution < 1.29 is 27.8 Å². The molecule has 0 aliphatic carbocycles. The number of rotatable bonds is 4. The van der Waals surface area contributed by atoms with Crippen molar-refractivity contribution in [3.8, 4) is 5.75 Å². The second kappa shape index (κ2) is 5.29. The number of carbonyl (C=O) groups is 1. The van der Waals surface area contributed by atoms with E-state index < -0.39 is 23.6 Å². The summed E-state index contributed by atoms with van der Waals surface area (Å²) in [6, 6.07) is 3.57. The van der Waals surface area contributed by atoms with E-state index in [1.165, 1.54) is 19.1 Å². The zero-order valence-electron chi connectivity index (χ0n) is 9.91. The fourth-order valence-corrected chi connectivity index (χ4v) is 1.54. The molecule has 1 aromatic rings. The van der Waals surface area contributed by atoms with Gasteiger partial charge in [-0.1, -0.05) is 13.0 Å². The molecular formula is C12H13F3O3. The molecule has 3 nitrogen and oxygen atoms in total. The van der Waals surface area contributed by atoms with Gasteiger partial charge in [0.05, 0.1) is 18.6 Å². The summed E-state index contributed by atoms with van der Waals surface area (Å²) in [5.74, 6) is -2.05. The van der Waals surface area contributed by atoms with Crippen molar-refractivity contribution in [3.63, 3.8) is 0 Å². The van der Waals surface area contributed by atoms with Crippen LogP contribution in [0.3, 0.4) is 0 Å². The molecule has 0 bridgehead atoms. The Morgan fingerprint density at radius 1 is 1.44 bits per heavy atom. The van der Waals surface area contributed by atoms with E-state index in [1.807, 2.05) is 0 Å². The van der Waals surface area contributed by atoms with Gasteiger partial charge in [0.1, 0.15) is 5.75 Å². The van der Waals surface area contributed by atoms with Crippen LogP contribution in [0.2, 0.25) is 0 Å². The molecule has 0 aliphatic heterocycles. The third-order valence-electron chi connectivity index (χ3n) is 2.53. The summed E-state index contributed by atoms with van der Waals surface area (Å²) < 4.78 is 42.8. The Kier molecular flexibility index (Phi) is 4.21. The van der Waals surface area contributed by atoms with Crippen LogP contribution in [0.5, 0.6) is 5.75 Å². The summed E-state index contributed by atoms with van der Waals surface area (Å²) in [6.45, 7) is 1.44. The van der Waals surface area contributed by atoms with Gasteiger partial charge in [0, 0.05) is 0 Å². The first-order chi connectivity index (χ1) is 8.25. The summed E-state index contributed by atoms with van der Waals surface area (Å²) >= 11 is 0. The quantitative estimate of drug-likeness (QED) is 0.907. The normalized spacial score (nSPS) is 13.2.